The zero-order valence-corrected chi connectivity index (χ0v) is 16.7. The number of benzene rings is 2. The molecule has 0 fully saturated rings. The SMILES string of the molecule is Cc1ccc(NC(=O)CCCN(c2ccccc2C)S(C)(=O)=O)cc1Cl. The van der Waals surface area contributed by atoms with E-state index >= 15 is 0 Å². The number of rotatable bonds is 7. The molecule has 26 heavy (non-hydrogen) atoms. The third-order valence-corrected chi connectivity index (χ3v) is 5.59. The van der Waals surface area contributed by atoms with Gasteiger partial charge in [-0.2, -0.15) is 0 Å². The summed E-state index contributed by atoms with van der Waals surface area (Å²) in [7, 11) is -3.42. The number of hydrogen-bond donors (Lipinski definition) is 1. The second kappa shape index (κ2) is 8.56. The standard InChI is InChI=1S/C19H23ClN2O3S/c1-14-10-11-16(13-17(14)20)21-19(23)9-6-12-22(26(3,24)25)18-8-5-4-7-15(18)2/h4-5,7-8,10-11,13H,6,9,12H2,1-3H3,(H,21,23). The molecule has 0 heterocycles. The highest BCUT2D eigenvalue weighted by Gasteiger charge is 2.19. The molecule has 2 aromatic rings. The van der Waals surface area contributed by atoms with E-state index in [2.05, 4.69) is 5.32 Å². The van der Waals surface area contributed by atoms with Crippen molar-refractivity contribution in [2.24, 2.45) is 0 Å². The number of sulfonamides is 1. The maximum atomic E-state index is 12.1. The molecule has 0 aliphatic heterocycles. The van der Waals surface area contributed by atoms with Crippen molar-refractivity contribution in [2.75, 3.05) is 22.4 Å². The van der Waals surface area contributed by atoms with Crippen LogP contribution in [0.2, 0.25) is 5.02 Å². The van der Waals surface area contributed by atoms with E-state index in [1.165, 1.54) is 10.6 Å². The van der Waals surface area contributed by atoms with E-state index < -0.39 is 10.0 Å². The molecule has 0 atom stereocenters. The van der Waals surface area contributed by atoms with E-state index in [0.717, 1.165) is 11.1 Å². The molecule has 0 radical (unpaired) electrons. The monoisotopic (exact) mass is 394 g/mol. The molecule has 0 unspecified atom stereocenters. The Kier molecular flexibility index (Phi) is 6.67. The lowest BCUT2D eigenvalue weighted by Gasteiger charge is -2.24. The first-order valence-corrected chi connectivity index (χ1v) is 10.5. The molecule has 2 rings (SSSR count). The van der Waals surface area contributed by atoms with Gasteiger partial charge in [0, 0.05) is 23.7 Å². The van der Waals surface area contributed by atoms with Crippen LogP contribution in [0.3, 0.4) is 0 Å². The molecule has 7 heteroatoms. The van der Waals surface area contributed by atoms with Gasteiger partial charge in [0.15, 0.2) is 0 Å². The fourth-order valence-electron chi connectivity index (χ4n) is 2.59. The Morgan fingerprint density at radius 2 is 1.81 bits per heavy atom. The van der Waals surface area contributed by atoms with Crippen LogP contribution in [-0.2, 0) is 14.8 Å². The van der Waals surface area contributed by atoms with Gasteiger partial charge in [-0.05, 0) is 49.6 Å². The summed E-state index contributed by atoms with van der Waals surface area (Å²) in [5.41, 5.74) is 3.08. The lowest BCUT2D eigenvalue weighted by molar-refractivity contribution is -0.116. The van der Waals surface area contributed by atoms with Gasteiger partial charge in [-0.25, -0.2) is 8.42 Å². The van der Waals surface area contributed by atoms with Crippen molar-refractivity contribution in [3.8, 4) is 0 Å². The van der Waals surface area contributed by atoms with Crippen LogP contribution in [-0.4, -0.2) is 27.1 Å². The smallest absolute Gasteiger partial charge is 0.232 e. The number of amides is 1. The zero-order valence-electron chi connectivity index (χ0n) is 15.1. The highest BCUT2D eigenvalue weighted by Crippen LogP contribution is 2.23. The second-order valence-electron chi connectivity index (χ2n) is 6.24. The second-order valence-corrected chi connectivity index (χ2v) is 8.55. The molecule has 0 aliphatic rings. The molecule has 2 aromatic carbocycles. The fraction of sp³-hybridized carbons (Fsp3) is 0.316. The quantitative estimate of drug-likeness (QED) is 0.767. The van der Waals surface area contributed by atoms with Crippen LogP contribution in [0.15, 0.2) is 42.5 Å². The summed E-state index contributed by atoms with van der Waals surface area (Å²) in [4.78, 5) is 12.1. The predicted molar refractivity (Wildman–Crippen MR) is 107 cm³/mol. The van der Waals surface area contributed by atoms with Crippen molar-refractivity contribution in [1.29, 1.82) is 0 Å². The largest absolute Gasteiger partial charge is 0.326 e. The molecule has 0 aromatic heterocycles. The van der Waals surface area contributed by atoms with Crippen LogP contribution in [0.25, 0.3) is 0 Å². The van der Waals surface area contributed by atoms with Gasteiger partial charge < -0.3 is 5.32 Å². The molecule has 0 saturated heterocycles. The Hall–Kier alpha value is -2.05. The molecule has 0 saturated carbocycles. The normalized spacial score (nSPS) is 11.2. The van der Waals surface area contributed by atoms with Crippen molar-refractivity contribution in [3.63, 3.8) is 0 Å². The van der Waals surface area contributed by atoms with Crippen molar-refractivity contribution in [3.05, 3.63) is 58.6 Å². The van der Waals surface area contributed by atoms with E-state index in [4.69, 9.17) is 11.6 Å². The fourth-order valence-corrected chi connectivity index (χ4v) is 3.79. The van der Waals surface area contributed by atoms with Gasteiger partial charge >= 0.3 is 0 Å². The number of carbonyl (C=O) groups excluding carboxylic acids is 1. The molecule has 0 aliphatic carbocycles. The summed E-state index contributed by atoms with van der Waals surface area (Å²) in [5, 5.41) is 3.37. The maximum Gasteiger partial charge on any atom is 0.232 e. The topological polar surface area (TPSA) is 66.5 Å². The average molecular weight is 395 g/mol. The zero-order chi connectivity index (χ0) is 19.3. The van der Waals surface area contributed by atoms with E-state index in [1.807, 2.05) is 32.0 Å². The number of anilines is 2. The number of halogens is 1. The summed E-state index contributed by atoms with van der Waals surface area (Å²) < 4.78 is 25.6. The van der Waals surface area contributed by atoms with Crippen LogP contribution >= 0.6 is 11.6 Å². The first-order chi connectivity index (χ1) is 12.2. The minimum atomic E-state index is -3.42. The van der Waals surface area contributed by atoms with Gasteiger partial charge in [0.05, 0.1) is 11.9 Å². The van der Waals surface area contributed by atoms with Crippen LogP contribution in [0.1, 0.15) is 24.0 Å². The van der Waals surface area contributed by atoms with Crippen LogP contribution in [0.5, 0.6) is 0 Å². The molecular formula is C19H23ClN2O3S. The third-order valence-electron chi connectivity index (χ3n) is 4.01. The van der Waals surface area contributed by atoms with E-state index in [-0.39, 0.29) is 18.9 Å². The van der Waals surface area contributed by atoms with Crippen LogP contribution in [0.4, 0.5) is 11.4 Å². The third kappa shape index (κ3) is 5.47. The number of carbonyl (C=O) groups is 1. The summed E-state index contributed by atoms with van der Waals surface area (Å²) in [6, 6.07) is 12.6. The number of nitrogens with one attached hydrogen (secondary N) is 1. The lowest BCUT2D eigenvalue weighted by Crippen LogP contribution is -2.32. The number of hydrogen-bond acceptors (Lipinski definition) is 3. The van der Waals surface area contributed by atoms with E-state index in [1.54, 1.807) is 24.3 Å². The van der Waals surface area contributed by atoms with Crippen LogP contribution < -0.4 is 9.62 Å². The molecule has 0 spiro atoms. The van der Waals surface area contributed by atoms with Gasteiger partial charge in [0.25, 0.3) is 0 Å². The number of para-hydroxylation sites is 1. The Morgan fingerprint density at radius 1 is 1.12 bits per heavy atom. The first kappa shape index (κ1) is 20.3. The first-order valence-electron chi connectivity index (χ1n) is 8.28. The summed E-state index contributed by atoms with van der Waals surface area (Å²) in [6.07, 6.45) is 1.80. The van der Waals surface area contributed by atoms with Crippen molar-refractivity contribution in [2.45, 2.75) is 26.7 Å². The number of aryl methyl sites for hydroxylation is 2. The van der Waals surface area contributed by atoms with Gasteiger partial charge in [-0.1, -0.05) is 35.9 Å². The highest BCUT2D eigenvalue weighted by molar-refractivity contribution is 7.92. The van der Waals surface area contributed by atoms with Crippen molar-refractivity contribution < 1.29 is 13.2 Å². The van der Waals surface area contributed by atoms with Gasteiger partial charge in [-0.3, -0.25) is 9.10 Å². The molecular weight excluding hydrogens is 372 g/mol. The van der Waals surface area contributed by atoms with Crippen molar-refractivity contribution in [1.82, 2.24) is 0 Å². The highest BCUT2D eigenvalue weighted by atomic mass is 35.5. The van der Waals surface area contributed by atoms with Gasteiger partial charge in [-0.15, -0.1) is 0 Å². The Balaban J connectivity index is 1.98. The molecule has 140 valence electrons. The summed E-state index contributed by atoms with van der Waals surface area (Å²) in [5.74, 6) is -0.178. The molecule has 1 N–H and O–H groups in total. The maximum absolute atomic E-state index is 12.1. The predicted octanol–water partition coefficient (Wildman–Crippen LogP) is 4.14. The van der Waals surface area contributed by atoms with E-state index in [9.17, 15) is 13.2 Å². The molecule has 1 amide bonds. The Bertz CT molecular complexity index is 897. The van der Waals surface area contributed by atoms with Crippen molar-refractivity contribution >= 4 is 38.9 Å². The Morgan fingerprint density at radius 3 is 2.42 bits per heavy atom. The minimum Gasteiger partial charge on any atom is -0.326 e. The van der Waals surface area contributed by atoms with Gasteiger partial charge in [0.1, 0.15) is 0 Å². The molecule has 5 nitrogen and oxygen atoms in total. The molecule has 0 bridgehead atoms. The lowest BCUT2D eigenvalue weighted by atomic mass is 10.2. The van der Waals surface area contributed by atoms with Gasteiger partial charge in [0.2, 0.25) is 15.9 Å². The number of nitrogens with zero attached hydrogens (tertiary/aromatic N) is 1. The minimum absolute atomic E-state index is 0.178. The van der Waals surface area contributed by atoms with Crippen LogP contribution in [0, 0.1) is 13.8 Å². The summed E-state index contributed by atoms with van der Waals surface area (Å²) in [6.45, 7) is 3.99. The Labute approximate surface area is 160 Å². The van der Waals surface area contributed by atoms with E-state index in [0.29, 0.717) is 22.8 Å². The summed E-state index contributed by atoms with van der Waals surface area (Å²) >= 11 is 6.05. The average Bonchev–Trinajstić information content (AvgIpc) is 2.55.